The summed E-state index contributed by atoms with van der Waals surface area (Å²) in [5.74, 6) is -3.78. The van der Waals surface area contributed by atoms with Crippen LogP contribution in [0, 0.1) is 0 Å². The SMILES string of the molecule is O=C(O)CN(CC(=O)O)CC(=O)O.[Fe].[KH]. The number of hydrogen-bond donors (Lipinski definition) is 3. The van der Waals surface area contributed by atoms with Crippen LogP contribution >= 0.6 is 0 Å². The molecule has 84 valence electrons. The fraction of sp³-hybridized carbons (Fsp3) is 0.500. The Morgan fingerprint density at radius 1 is 0.800 bits per heavy atom. The third kappa shape index (κ3) is 14.5. The molecular formula is C6H10FeKNO6. The standard InChI is InChI=1S/C6H9NO6.Fe.K.H/c8-4(9)1-7(2-5(10)11)3-6(12)13;;;/h1-3H2,(H,8,9)(H,10,11)(H,12,13);;;. The molecular weight excluding hydrogens is 277 g/mol. The average molecular weight is 287 g/mol. The fourth-order valence-electron chi connectivity index (χ4n) is 0.742. The van der Waals surface area contributed by atoms with Gasteiger partial charge in [-0.2, -0.15) is 0 Å². The Balaban J connectivity index is -0.000000720. The van der Waals surface area contributed by atoms with E-state index in [0.717, 1.165) is 4.90 Å². The fourth-order valence-corrected chi connectivity index (χ4v) is 0.742. The molecule has 0 bridgehead atoms. The van der Waals surface area contributed by atoms with Gasteiger partial charge in [0.1, 0.15) is 0 Å². The molecule has 0 radical (unpaired) electrons. The molecule has 0 fully saturated rings. The zero-order valence-corrected chi connectivity index (χ0v) is 8.09. The number of carboxylic acids is 3. The van der Waals surface area contributed by atoms with E-state index in [0.29, 0.717) is 0 Å². The molecule has 0 aromatic carbocycles. The van der Waals surface area contributed by atoms with Crippen molar-refractivity contribution in [2.45, 2.75) is 0 Å². The molecule has 0 amide bonds. The van der Waals surface area contributed by atoms with E-state index >= 15 is 0 Å². The van der Waals surface area contributed by atoms with Crippen molar-refractivity contribution in [1.82, 2.24) is 4.90 Å². The van der Waals surface area contributed by atoms with Gasteiger partial charge >= 0.3 is 69.3 Å². The first-order chi connectivity index (χ1) is 5.91. The summed E-state index contributed by atoms with van der Waals surface area (Å²) in [7, 11) is 0. The van der Waals surface area contributed by atoms with Gasteiger partial charge in [0.15, 0.2) is 0 Å². The number of hydrogen-bond acceptors (Lipinski definition) is 4. The Morgan fingerprint density at radius 2 is 1.00 bits per heavy atom. The van der Waals surface area contributed by atoms with Crippen LogP contribution in [-0.4, -0.2) is 109 Å². The van der Waals surface area contributed by atoms with E-state index in [1.54, 1.807) is 0 Å². The average Bonchev–Trinajstić information content (AvgIpc) is 1.80. The molecule has 0 unspecified atom stereocenters. The summed E-state index contributed by atoms with van der Waals surface area (Å²) in [5.41, 5.74) is 0. The van der Waals surface area contributed by atoms with E-state index in [1.807, 2.05) is 0 Å². The van der Waals surface area contributed by atoms with E-state index in [4.69, 9.17) is 15.3 Å². The maximum absolute atomic E-state index is 10.1. The third-order valence-corrected chi connectivity index (χ3v) is 1.08. The van der Waals surface area contributed by atoms with Crippen LogP contribution in [0.1, 0.15) is 0 Å². The van der Waals surface area contributed by atoms with Crippen LogP contribution in [0.15, 0.2) is 0 Å². The predicted molar refractivity (Wildman–Crippen MR) is 46.5 cm³/mol. The summed E-state index contributed by atoms with van der Waals surface area (Å²) < 4.78 is 0. The molecule has 0 atom stereocenters. The molecule has 0 saturated carbocycles. The van der Waals surface area contributed by atoms with Crippen LogP contribution in [0.5, 0.6) is 0 Å². The molecule has 9 heteroatoms. The zero-order chi connectivity index (χ0) is 10.4. The second kappa shape index (κ2) is 11.0. The Kier molecular flexibility index (Phi) is 15.3. The molecule has 0 aromatic heterocycles. The number of nitrogens with zero attached hydrogens (tertiary/aromatic N) is 1. The number of rotatable bonds is 6. The molecule has 0 aliphatic rings. The van der Waals surface area contributed by atoms with Crippen molar-refractivity contribution in [2.75, 3.05) is 19.6 Å². The molecule has 7 nitrogen and oxygen atoms in total. The molecule has 15 heavy (non-hydrogen) atoms. The van der Waals surface area contributed by atoms with Crippen LogP contribution in [0.4, 0.5) is 0 Å². The molecule has 0 heterocycles. The summed E-state index contributed by atoms with van der Waals surface area (Å²) in [5, 5.41) is 24.8. The zero-order valence-electron chi connectivity index (χ0n) is 6.99. The third-order valence-electron chi connectivity index (χ3n) is 1.08. The summed E-state index contributed by atoms with van der Waals surface area (Å²) in [4.78, 5) is 31.2. The topological polar surface area (TPSA) is 115 Å². The van der Waals surface area contributed by atoms with E-state index < -0.39 is 37.5 Å². The Morgan fingerprint density at radius 3 is 1.13 bits per heavy atom. The van der Waals surface area contributed by atoms with Crippen LogP contribution in [-0.2, 0) is 31.5 Å². The van der Waals surface area contributed by atoms with Gasteiger partial charge in [-0.05, 0) is 0 Å². The molecule has 0 aromatic rings. The van der Waals surface area contributed by atoms with Crippen molar-refractivity contribution < 1.29 is 46.8 Å². The van der Waals surface area contributed by atoms with Gasteiger partial charge in [0, 0.05) is 17.1 Å². The molecule has 0 aliphatic heterocycles. The first-order valence-corrected chi connectivity index (χ1v) is 3.29. The minimum atomic E-state index is -1.26. The summed E-state index contributed by atoms with van der Waals surface area (Å²) in [6.45, 7) is -1.80. The van der Waals surface area contributed by atoms with Crippen molar-refractivity contribution >= 4 is 69.3 Å². The van der Waals surface area contributed by atoms with Crippen LogP contribution in [0.25, 0.3) is 0 Å². The first kappa shape index (κ1) is 20.9. The normalized spacial score (nSPS) is 8.60. The van der Waals surface area contributed by atoms with Crippen LogP contribution in [0.2, 0.25) is 0 Å². The predicted octanol–water partition coefficient (Wildman–Crippen LogP) is -2.11. The number of aliphatic carboxylic acids is 3. The minimum absolute atomic E-state index is 0. The van der Waals surface area contributed by atoms with Gasteiger partial charge in [0.05, 0.1) is 19.6 Å². The van der Waals surface area contributed by atoms with Gasteiger partial charge in [0.25, 0.3) is 0 Å². The van der Waals surface area contributed by atoms with E-state index in [2.05, 4.69) is 0 Å². The second-order valence-electron chi connectivity index (χ2n) is 2.33. The number of carboxylic acid groups (broad SMARTS) is 3. The van der Waals surface area contributed by atoms with Gasteiger partial charge < -0.3 is 15.3 Å². The van der Waals surface area contributed by atoms with Gasteiger partial charge in [-0.25, -0.2) is 0 Å². The van der Waals surface area contributed by atoms with Crippen LogP contribution < -0.4 is 0 Å². The summed E-state index contributed by atoms with van der Waals surface area (Å²) in [6, 6.07) is 0. The van der Waals surface area contributed by atoms with Crippen LogP contribution in [0.3, 0.4) is 0 Å². The van der Waals surface area contributed by atoms with Crippen molar-refractivity contribution in [3.05, 3.63) is 0 Å². The first-order valence-electron chi connectivity index (χ1n) is 3.29. The van der Waals surface area contributed by atoms with Crippen molar-refractivity contribution in [2.24, 2.45) is 0 Å². The van der Waals surface area contributed by atoms with Gasteiger partial charge in [-0.3, -0.25) is 19.3 Å². The second-order valence-corrected chi connectivity index (χ2v) is 2.33. The van der Waals surface area contributed by atoms with Gasteiger partial charge in [0.2, 0.25) is 0 Å². The van der Waals surface area contributed by atoms with E-state index in [9.17, 15) is 14.4 Å². The Bertz CT molecular complexity index is 198. The van der Waals surface area contributed by atoms with E-state index in [1.165, 1.54) is 0 Å². The van der Waals surface area contributed by atoms with Gasteiger partial charge in [-0.15, -0.1) is 0 Å². The quantitative estimate of drug-likeness (QED) is 0.479. The Hall–Kier alpha value is 0.526. The van der Waals surface area contributed by atoms with Crippen molar-refractivity contribution in [1.29, 1.82) is 0 Å². The van der Waals surface area contributed by atoms with Gasteiger partial charge in [-0.1, -0.05) is 0 Å². The molecule has 0 aliphatic carbocycles. The van der Waals surface area contributed by atoms with Crippen molar-refractivity contribution in [3.63, 3.8) is 0 Å². The summed E-state index contributed by atoms with van der Waals surface area (Å²) in [6.07, 6.45) is 0. The number of carbonyl (C=O) groups is 3. The molecule has 0 spiro atoms. The molecule has 0 saturated heterocycles. The molecule has 3 N–H and O–H groups in total. The Labute approximate surface area is 139 Å². The van der Waals surface area contributed by atoms with Crippen molar-refractivity contribution in [3.8, 4) is 0 Å². The monoisotopic (exact) mass is 287 g/mol. The molecule has 0 rings (SSSR count). The summed E-state index contributed by atoms with van der Waals surface area (Å²) >= 11 is 0. The van der Waals surface area contributed by atoms with E-state index in [-0.39, 0.29) is 68.5 Å². The maximum atomic E-state index is 10.1.